The van der Waals surface area contributed by atoms with Crippen molar-refractivity contribution < 1.29 is 77.1 Å². The Labute approximate surface area is 734 Å². The van der Waals surface area contributed by atoms with Crippen LogP contribution in [0.1, 0.15) is 231 Å². The molecular weight excluding hydrogens is 1700 g/mol. The van der Waals surface area contributed by atoms with Gasteiger partial charge < -0.3 is 63.2 Å². The third-order valence-corrected chi connectivity index (χ3v) is 22.1. The van der Waals surface area contributed by atoms with E-state index >= 15 is 0 Å². The summed E-state index contributed by atoms with van der Waals surface area (Å²) in [6, 6.07) is 33.5. The van der Waals surface area contributed by atoms with Crippen LogP contribution in [0.5, 0.6) is 0 Å². The third-order valence-electron chi connectivity index (χ3n) is 20.8. The van der Waals surface area contributed by atoms with E-state index in [0.29, 0.717) is 106 Å². The number of aromatic carboxylic acids is 1. The second kappa shape index (κ2) is 42.3. The average Bonchev–Trinajstić information content (AvgIpc) is 1.51. The van der Waals surface area contributed by atoms with Gasteiger partial charge >= 0.3 is 73.9 Å². The van der Waals surface area contributed by atoms with Crippen LogP contribution in [0.15, 0.2) is 147 Å². The molecule has 31 heteroatoms. The van der Waals surface area contributed by atoms with E-state index in [1.54, 1.807) is 68.2 Å². The van der Waals surface area contributed by atoms with E-state index in [1.807, 2.05) is 96.1 Å². The molecule has 0 spiro atoms. The number of carboxylic acid groups (broad SMARTS) is 1. The molecule has 17 rings (SSSR count). The Hall–Kier alpha value is -10.2. The maximum atomic E-state index is 12.4. The first kappa shape index (κ1) is 92.5. The number of carbonyl (C=O) groups excluding carboxylic acids is 6. The summed E-state index contributed by atoms with van der Waals surface area (Å²) in [6.07, 6.45) is 19.0. The molecule has 3 N–H and O–H groups in total. The summed E-state index contributed by atoms with van der Waals surface area (Å²) in [5.74, 6) is 0.427. The van der Waals surface area contributed by atoms with E-state index in [2.05, 4.69) is 128 Å². The second-order valence-electron chi connectivity index (χ2n) is 32.7. The standard InChI is InChI=1S/C24H31N3O4.C22H27N3O4.C15H14BrNO2.C15H15NO2.C12H10BrNO2.C3H7BO2.BHNS/c1-5-30-22(28)18-14-17-8-9-19(16-6-7-16)21(20(17)25-15-18)26-10-12-27(13-11-26)23(29)31-24(2,3)4;1-22(2,3)29-21(28)25-10-8-24(9-11-25)19-17(14-4-5-14)7-6-15-12-16(20(26)27)13-23-18(15)19;1-2-19-15(18)11-7-10-5-6-12(9-3-4-9)13(16)14(10)17-8-11;1-2-18-15(17)13-7-12-6-5-11(10-3-4-10)8-14(12)16-9-13;1-2-16-12(15)9-5-8-3-4-10(13)6-11(8)14-7-9;5-4(6)3-1-2-3;1-2-3/h8-9,14-16H,5-7,10-13H2,1-4H3;6-7,12-14H,4-5,8-11H2,1-3H3,(H,26,27);5-9H,2-4H2,1H3;5-10H,2-4H2,1H3;3-7H,2H2,1H3;3,5-6H,1-2H2;3H. The Morgan fingerprint density at radius 2 is 0.770 bits per heavy atom. The molecule has 10 aromatic rings. The fraction of sp³-hybridized carbons (Fsp3) is 0.429. The van der Waals surface area contributed by atoms with Crippen LogP contribution in [0.4, 0.5) is 21.0 Å². The second-order valence-corrected chi connectivity index (χ2v) is 34.6. The number of ether oxygens (including phenoxy) is 6. The van der Waals surface area contributed by atoms with E-state index in [-0.39, 0.29) is 47.4 Å². The minimum atomic E-state index is -1.04. The quantitative estimate of drug-likeness (QED) is 0.0302. The number of hydrogen-bond acceptors (Lipinski definition) is 24. The van der Waals surface area contributed by atoms with Crippen molar-refractivity contribution in [2.45, 2.75) is 174 Å². The van der Waals surface area contributed by atoms with Gasteiger partial charge in [0.15, 0.2) is 0 Å². The Balaban J connectivity index is 0.000000148. The van der Waals surface area contributed by atoms with Gasteiger partial charge in [0, 0.05) is 119 Å². The van der Waals surface area contributed by atoms with Gasteiger partial charge in [-0.05, 0) is 237 Å². The van der Waals surface area contributed by atoms with Crippen LogP contribution in [0, 0.1) is 0 Å². The monoisotopic (exact) mass is 1810 g/mol. The summed E-state index contributed by atoms with van der Waals surface area (Å²) in [5.41, 5.74) is 13.1. The Bertz CT molecular complexity index is 5450. The summed E-state index contributed by atoms with van der Waals surface area (Å²) in [7, 11) is 3.30. The molecule has 2 aliphatic heterocycles. The van der Waals surface area contributed by atoms with Crippen molar-refractivity contribution in [3.8, 4) is 0 Å². The predicted molar refractivity (Wildman–Crippen MR) is 483 cm³/mol. The maximum absolute atomic E-state index is 12.4. The summed E-state index contributed by atoms with van der Waals surface area (Å²) in [4.78, 5) is 113. The van der Waals surface area contributed by atoms with Gasteiger partial charge in [0.25, 0.3) is 0 Å². The molecule has 641 valence electrons. The van der Waals surface area contributed by atoms with Crippen molar-refractivity contribution >= 4 is 167 Å². The molecule has 5 saturated carbocycles. The number of aromatic nitrogens is 5. The van der Waals surface area contributed by atoms with Gasteiger partial charge in [0.1, 0.15) is 11.2 Å². The third kappa shape index (κ3) is 25.7. The van der Waals surface area contributed by atoms with Crippen molar-refractivity contribution in [1.82, 2.24) is 34.7 Å². The van der Waals surface area contributed by atoms with Crippen molar-refractivity contribution in [3.63, 3.8) is 0 Å². The SMILES string of the molecule is CC(C)(C)OC(=O)N1CCN(c2c(C3CC3)ccc3cc(C(=O)O)cnc23)CC1.CCOC(=O)c1cnc2c(Br)c(C3CC3)ccc2c1.CCOC(=O)c1cnc2c(N3CCN(C(=O)OC(C)(C)C)CC3)c(C3CC3)ccc2c1.CCOC(=O)c1cnc2cc(Br)ccc2c1.CCOC(=O)c1cnc2cc(C3CC3)ccc2c1.OB(O)C1CC1.[B]=NS. The van der Waals surface area contributed by atoms with Crippen molar-refractivity contribution in [2.24, 2.45) is 4.30 Å². The topological polar surface area (TPSA) is 325 Å². The first-order valence-corrected chi connectivity index (χ1v) is 43.5. The molecule has 1 radical (unpaired) electrons. The molecule has 0 atom stereocenters. The molecule has 26 nitrogen and oxygen atoms in total. The molecule has 5 aliphatic carbocycles. The molecule has 0 unspecified atom stereocenters. The van der Waals surface area contributed by atoms with Crippen molar-refractivity contribution in [1.29, 1.82) is 0 Å². The van der Waals surface area contributed by atoms with Crippen LogP contribution < -0.4 is 9.80 Å². The van der Waals surface area contributed by atoms with Gasteiger partial charge in [0.2, 0.25) is 0 Å². The first-order chi connectivity index (χ1) is 58.4. The molecular formula is C91H105B2Br2N10O16S. The molecule has 122 heavy (non-hydrogen) atoms. The fourth-order valence-electron chi connectivity index (χ4n) is 14.0. The normalized spacial score (nSPS) is 15.4. The molecule has 7 heterocycles. The van der Waals surface area contributed by atoms with Gasteiger partial charge in [0.05, 0.1) is 93.2 Å². The number of pyridine rings is 5. The van der Waals surface area contributed by atoms with E-state index in [1.165, 1.54) is 86.0 Å². The number of thiol groups is 1. The van der Waals surface area contributed by atoms with E-state index < -0.39 is 24.3 Å². The van der Waals surface area contributed by atoms with Gasteiger partial charge in [-0.3, -0.25) is 24.9 Å². The number of carboxylic acids is 1. The molecule has 7 fully saturated rings. The Morgan fingerprint density at radius 3 is 1.13 bits per heavy atom. The minimum absolute atomic E-state index is 0.192. The molecule has 7 aliphatic rings. The van der Waals surface area contributed by atoms with Crippen LogP contribution in [-0.4, -0.2) is 197 Å². The van der Waals surface area contributed by atoms with Gasteiger partial charge in [-0.25, -0.2) is 33.6 Å². The molecule has 2 amide bonds. The number of halogens is 2. The predicted octanol–water partition coefficient (Wildman–Crippen LogP) is 18.5. The number of anilines is 2. The number of amides is 2. The van der Waals surface area contributed by atoms with Gasteiger partial charge in [-0.15, -0.1) is 0 Å². The Kier molecular flexibility index (Phi) is 32.0. The first-order valence-electron chi connectivity index (χ1n) is 41.6. The number of benzene rings is 5. The summed E-state index contributed by atoms with van der Waals surface area (Å²) >= 11 is 10.2. The van der Waals surface area contributed by atoms with Gasteiger partial charge in [-0.2, -0.15) is 0 Å². The zero-order valence-corrected chi connectivity index (χ0v) is 74.7. The fourth-order valence-corrected chi connectivity index (χ4v) is 15.1. The van der Waals surface area contributed by atoms with Crippen LogP contribution in [0.25, 0.3) is 54.5 Å². The van der Waals surface area contributed by atoms with Crippen LogP contribution >= 0.6 is 44.7 Å². The number of nitrogens with zero attached hydrogens (tertiary/aromatic N) is 10. The number of fused-ring (bicyclic) bond motifs is 5. The zero-order valence-electron chi connectivity index (χ0n) is 70.6. The van der Waals surface area contributed by atoms with Crippen LogP contribution in [-0.2, 0) is 28.4 Å². The van der Waals surface area contributed by atoms with E-state index in [4.69, 9.17) is 38.5 Å². The summed E-state index contributed by atoms with van der Waals surface area (Å²) in [5, 5.41) is 30.4. The van der Waals surface area contributed by atoms with Crippen LogP contribution in [0.2, 0.25) is 5.82 Å². The summed E-state index contributed by atoms with van der Waals surface area (Å²) in [6.45, 7) is 25.1. The number of carbonyl (C=O) groups is 7. The van der Waals surface area contributed by atoms with Crippen molar-refractivity contribution in [2.75, 3.05) is 88.6 Å². The Morgan fingerprint density at radius 1 is 0.443 bits per heavy atom. The molecule has 2 saturated heterocycles. The number of esters is 4. The summed E-state index contributed by atoms with van der Waals surface area (Å²) < 4.78 is 35.7. The number of piperazine rings is 2. The van der Waals surface area contributed by atoms with Crippen molar-refractivity contribution in [3.05, 3.63) is 193 Å². The molecule has 5 aromatic carbocycles. The number of hydrogen-bond donors (Lipinski definition) is 4. The molecule has 5 aromatic heterocycles. The van der Waals surface area contributed by atoms with Crippen LogP contribution in [0.3, 0.4) is 0 Å². The van der Waals surface area contributed by atoms with Gasteiger partial charge in [-0.1, -0.05) is 83.4 Å². The average molecular weight is 1810 g/mol. The van der Waals surface area contributed by atoms with E-state index in [9.17, 15) is 38.7 Å². The number of rotatable bonds is 16. The molecule has 0 bridgehead atoms. The van der Waals surface area contributed by atoms with E-state index in [0.717, 1.165) is 107 Å². The zero-order chi connectivity index (χ0) is 87.7.